The van der Waals surface area contributed by atoms with E-state index in [0.717, 1.165) is 58.6 Å². The average Bonchev–Trinajstić information content (AvgIpc) is 3.31. The average molecular weight is 353 g/mol. The van der Waals surface area contributed by atoms with E-state index in [-0.39, 0.29) is 5.91 Å². The first-order chi connectivity index (χ1) is 13.2. The van der Waals surface area contributed by atoms with Gasteiger partial charge in [0.2, 0.25) is 5.91 Å². The quantitative estimate of drug-likeness (QED) is 0.810. The van der Waals surface area contributed by atoms with E-state index >= 15 is 0 Å². The molecule has 2 aromatic carbocycles. The minimum atomic E-state index is 0.0346. The van der Waals surface area contributed by atoms with Crippen molar-refractivity contribution in [1.82, 2.24) is 0 Å². The lowest BCUT2D eigenvalue weighted by molar-refractivity contribution is -0.115. The number of allylic oxidation sites excluding steroid dienone is 2. The first kappa shape index (κ1) is 17.0. The van der Waals surface area contributed by atoms with Gasteiger partial charge in [0.05, 0.1) is 29.5 Å². The van der Waals surface area contributed by atoms with E-state index in [2.05, 4.69) is 24.0 Å². The molecule has 2 heterocycles. The SMILES string of the molecule is C=CCCc1ccc(C2=NC(c3ccc4c(c3)CC(=O)N4)=CC2)cc1C#N. The van der Waals surface area contributed by atoms with E-state index in [0.29, 0.717) is 12.0 Å². The molecule has 1 amide bonds. The van der Waals surface area contributed by atoms with Crippen molar-refractivity contribution in [3.8, 4) is 6.07 Å². The van der Waals surface area contributed by atoms with Crippen molar-refractivity contribution in [2.45, 2.75) is 25.7 Å². The number of nitriles is 1. The summed E-state index contributed by atoms with van der Waals surface area (Å²) >= 11 is 0. The molecule has 0 fully saturated rings. The molecule has 4 rings (SSSR count). The molecule has 2 aliphatic heterocycles. The molecule has 0 aromatic heterocycles. The van der Waals surface area contributed by atoms with Crippen LogP contribution in [0.2, 0.25) is 0 Å². The molecular formula is C23H19N3O. The summed E-state index contributed by atoms with van der Waals surface area (Å²) in [6, 6.07) is 14.2. The summed E-state index contributed by atoms with van der Waals surface area (Å²) in [7, 11) is 0. The number of fused-ring (bicyclic) bond motifs is 1. The molecule has 0 atom stereocenters. The fourth-order valence-corrected chi connectivity index (χ4v) is 3.52. The van der Waals surface area contributed by atoms with Crippen LogP contribution in [0.15, 0.2) is 60.1 Å². The number of rotatable bonds is 5. The molecule has 4 heteroatoms. The first-order valence-electron chi connectivity index (χ1n) is 9.03. The maximum absolute atomic E-state index is 11.5. The third kappa shape index (κ3) is 3.32. The molecule has 4 nitrogen and oxygen atoms in total. The molecule has 0 aliphatic carbocycles. The van der Waals surface area contributed by atoms with Gasteiger partial charge >= 0.3 is 0 Å². The van der Waals surface area contributed by atoms with E-state index in [1.54, 1.807) is 0 Å². The number of carbonyl (C=O) groups is 1. The van der Waals surface area contributed by atoms with Gasteiger partial charge in [-0.15, -0.1) is 6.58 Å². The first-order valence-corrected chi connectivity index (χ1v) is 9.03. The Kier molecular flexibility index (Phi) is 4.43. The highest BCUT2D eigenvalue weighted by Crippen LogP contribution is 2.30. The standard InChI is InChI=1S/C23H19N3O/c1-2-3-4-15-5-6-16(12-19(15)14-24)20-9-10-21(25-20)17-7-8-22-18(11-17)13-23(27)26-22/h2,5-8,10-12H,1,3-4,9,13H2,(H,26,27). The molecule has 0 bridgehead atoms. The summed E-state index contributed by atoms with van der Waals surface area (Å²) in [4.78, 5) is 16.3. The highest BCUT2D eigenvalue weighted by atomic mass is 16.1. The zero-order valence-corrected chi connectivity index (χ0v) is 15.0. The van der Waals surface area contributed by atoms with Crippen LogP contribution in [0.1, 0.15) is 40.7 Å². The van der Waals surface area contributed by atoms with Gasteiger partial charge in [-0.05, 0) is 47.7 Å². The van der Waals surface area contributed by atoms with Gasteiger partial charge in [0.25, 0.3) is 0 Å². The number of aryl methyl sites for hydroxylation is 1. The van der Waals surface area contributed by atoms with Gasteiger partial charge in [-0.1, -0.05) is 30.4 Å². The van der Waals surface area contributed by atoms with E-state index in [4.69, 9.17) is 4.99 Å². The van der Waals surface area contributed by atoms with Crippen LogP contribution in [0.25, 0.3) is 5.70 Å². The number of benzene rings is 2. The Morgan fingerprint density at radius 2 is 2.07 bits per heavy atom. The monoisotopic (exact) mass is 353 g/mol. The zero-order valence-electron chi connectivity index (χ0n) is 15.0. The topological polar surface area (TPSA) is 65.2 Å². The Balaban J connectivity index is 1.59. The Hall–Kier alpha value is -3.45. The molecule has 0 spiro atoms. The van der Waals surface area contributed by atoms with Crippen LogP contribution >= 0.6 is 0 Å². The largest absolute Gasteiger partial charge is 0.326 e. The Morgan fingerprint density at radius 3 is 2.89 bits per heavy atom. The number of anilines is 1. The lowest BCUT2D eigenvalue weighted by atomic mass is 9.98. The fourth-order valence-electron chi connectivity index (χ4n) is 3.52. The number of amides is 1. The van der Waals surface area contributed by atoms with Crippen LogP contribution in [-0.2, 0) is 17.6 Å². The van der Waals surface area contributed by atoms with Crippen molar-refractivity contribution in [3.05, 3.63) is 82.9 Å². The predicted octanol–water partition coefficient (Wildman–Crippen LogP) is 4.41. The van der Waals surface area contributed by atoms with Gasteiger partial charge in [-0.3, -0.25) is 9.79 Å². The van der Waals surface area contributed by atoms with E-state index in [1.165, 1.54) is 0 Å². The number of nitrogens with one attached hydrogen (secondary N) is 1. The van der Waals surface area contributed by atoms with Crippen LogP contribution in [0.4, 0.5) is 5.69 Å². The smallest absolute Gasteiger partial charge is 0.228 e. The normalized spacial score (nSPS) is 14.9. The predicted molar refractivity (Wildman–Crippen MR) is 108 cm³/mol. The van der Waals surface area contributed by atoms with Gasteiger partial charge in [-0.2, -0.15) is 5.26 Å². The van der Waals surface area contributed by atoms with Crippen LogP contribution < -0.4 is 5.32 Å². The van der Waals surface area contributed by atoms with Crippen LogP contribution in [-0.4, -0.2) is 11.6 Å². The summed E-state index contributed by atoms with van der Waals surface area (Å²) in [6.45, 7) is 3.74. The van der Waals surface area contributed by atoms with Crippen LogP contribution in [0.3, 0.4) is 0 Å². The molecule has 2 aromatic rings. The number of carbonyl (C=O) groups excluding carboxylic acids is 1. The Bertz CT molecular complexity index is 1050. The molecule has 1 N–H and O–H groups in total. The van der Waals surface area contributed by atoms with E-state index < -0.39 is 0 Å². The third-order valence-electron chi connectivity index (χ3n) is 4.95. The molecule has 0 saturated heterocycles. The van der Waals surface area contributed by atoms with E-state index in [9.17, 15) is 10.1 Å². The minimum Gasteiger partial charge on any atom is -0.326 e. The van der Waals surface area contributed by atoms with Gasteiger partial charge < -0.3 is 5.32 Å². The highest BCUT2D eigenvalue weighted by molar-refractivity contribution is 6.08. The number of nitrogens with zero attached hydrogens (tertiary/aromatic N) is 2. The van der Waals surface area contributed by atoms with Gasteiger partial charge in [0.15, 0.2) is 0 Å². The van der Waals surface area contributed by atoms with Crippen LogP contribution in [0.5, 0.6) is 0 Å². The molecule has 2 aliphatic rings. The van der Waals surface area contributed by atoms with Crippen molar-refractivity contribution >= 4 is 23.0 Å². The number of aliphatic imine (C=N–C) groups is 1. The molecule has 27 heavy (non-hydrogen) atoms. The summed E-state index contributed by atoms with van der Waals surface area (Å²) in [5.74, 6) is 0.0346. The van der Waals surface area contributed by atoms with E-state index in [1.807, 2.05) is 42.5 Å². The summed E-state index contributed by atoms with van der Waals surface area (Å²) in [5, 5.41) is 12.3. The Labute approximate surface area is 158 Å². The van der Waals surface area contributed by atoms with Crippen molar-refractivity contribution in [1.29, 1.82) is 5.26 Å². The fraction of sp³-hybridized carbons (Fsp3) is 0.174. The minimum absolute atomic E-state index is 0.0346. The van der Waals surface area contributed by atoms with Crippen molar-refractivity contribution < 1.29 is 4.79 Å². The maximum atomic E-state index is 11.5. The van der Waals surface area contributed by atoms with Crippen molar-refractivity contribution in [3.63, 3.8) is 0 Å². The van der Waals surface area contributed by atoms with Crippen LogP contribution in [0, 0.1) is 11.3 Å². The second-order valence-electron chi connectivity index (χ2n) is 6.76. The summed E-state index contributed by atoms with van der Waals surface area (Å²) < 4.78 is 0. The summed E-state index contributed by atoms with van der Waals surface area (Å²) in [5.41, 5.74) is 7.53. The highest BCUT2D eigenvalue weighted by Gasteiger charge is 2.20. The van der Waals surface area contributed by atoms with Crippen molar-refractivity contribution in [2.24, 2.45) is 4.99 Å². The van der Waals surface area contributed by atoms with Gasteiger partial charge in [0, 0.05) is 17.7 Å². The molecule has 132 valence electrons. The van der Waals surface area contributed by atoms with Gasteiger partial charge in [0.1, 0.15) is 0 Å². The third-order valence-corrected chi connectivity index (χ3v) is 4.95. The zero-order chi connectivity index (χ0) is 18.8. The lowest BCUT2D eigenvalue weighted by Crippen LogP contribution is -2.03. The maximum Gasteiger partial charge on any atom is 0.228 e. The Morgan fingerprint density at radius 1 is 1.22 bits per heavy atom. The second-order valence-corrected chi connectivity index (χ2v) is 6.76. The summed E-state index contributed by atoms with van der Waals surface area (Å²) in [6.07, 6.45) is 6.80. The number of hydrogen-bond acceptors (Lipinski definition) is 3. The number of hydrogen-bond donors (Lipinski definition) is 1. The lowest BCUT2D eigenvalue weighted by Gasteiger charge is -2.06. The molecule has 0 saturated carbocycles. The van der Waals surface area contributed by atoms with Crippen molar-refractivity contribution in [2.75, 3.05) is 5.32 Å². The molecule has 0 unspecified atom stereocenters. The molecular weight excluding hydrogens is 334 g/mol. The second kappa shape index (κ2) is 7.05. The van der Waals surface area contributed by atoms with Gasteiger partial charge in [-0.25, -0.2) is 0 Å². The molecule has 0 radical (unpaired) electrons.